The minimum atomic E-state index is -3.36. The predicted molar refractivity (Wildman–Crippen MR) is 93.2 cm³/mol. The summed E-state index contributed by atoms with van der Waals surface area (Å²) in [6.45, 7) is 4.06. The van der Waals surface area contributed by atoms with Gasteiger partial charge in [0.25, 0.3) is 5.91 Å². The number of anilines is 1. The van der Waals surface area contributed by atoms with Crippen LogP contribution in [0.15, 0.2) is 18.2 Å². The Morgan fingerprint density at radius 3 is 2.39 bits per heavy atom. The van der Waals surface area contributed by atoms with Crippen LogP contribution in [0.3, 0.4) is 0 Å². The summed E-state index contributed by atoms with van der Waals surface area (Å²) in [5, 5.41) is 0. The maximum absolute atomic E-state index is 12.7. The SMILES string of the molecule is Cc1ccc(C(=O)N(C)C2CCC(C)CC2)cc1NS(C)(=O)=O. The van der Waals surface area contributed by atoms with Crippen molar-refractivity contribution >= 4 is 21.6 Å². The van der Waals surface area contributed by atoms with Gasteiger partial charge in [0, 0.05) is 18.7 Å². The number of hydrogen-bond acceptors (Lipinski definition) is 3. The van der Waals surface area contributed by atoms with Gasteiger partial charge in [0.2, 0.25) is 10.0 Å². The molecular weight excluding hydrogens is 312 g/mol. The number of aryl methyl sites for hydroxylation is 1. The van der Waals surface area contributed by atoms with Crippen molar-refractivity contribution < 1.29 is 13.2 Å². The smallest absolute Gasteiger partial charge is 0.253 e. The van der Waals surface area contributed by atoms with Crippen molar-refractivity contribution in [2.45, 2.75) is 45.6 Å². The third-order valence-electron chi connectivity index (χ3n) is 4.63. The number of nitrogens with zero attached hydrogens (tertiary/aromatic N) is 1. The Balaban J connectivity index is 2.17. The number of rotatable bonds is 4. The van der Waals surface area contributed by atoms with Crippen LogP contribution in [-0.4, -0.2) is 38.6 Å². The molecule has 0 bridgehead atoms. The van der Waals surface area contributed by atoms with Crippen molar-refractivity contribution in [3.05, 3.63) is 29.3 Å². The normalized spacial score (nSPS) is 21.7. The van der Waals surface area contributed by atoms with E-state index in [4.69, 9.17) is 0 Å². The Morgan fingerprint density at radius 2 is 1.83 bits per heavy atom. The summed E-state index contributed by atoms with van der Waals surface area (Å²) in [5.74, 6) is 0.681. The van der Waals surface area contributed by atoms with E-state index >= 15 is 0 Å². The molecule has 0 radical (unpaired) electrons. The second-order valence-corrected chi connectivity index (χ2v) is 8.48. The number of sulfonamides is 1. The lowest BCUT2D eigenvalue weighted by atomic mass is 9.86. The van der Waals surface area contributed by atoms with E-state index in [1.807, 2.05) is 14.0 Å². The molecule has 1 N–H and O–H groups in total. The van der Waals surface area contributed by atoms with Gasteiger partial charge < -0.3 is 4.90 Å². The average Bonchev–Trinajstić information content (AvgIpc) is 2.47. The van der Waals surface area contributed by atoms with Crippen LogP contribution in [0, 0.1) is 12.8 Å². The third kappa shape index (κ3) is 4.70. The molecule has 128 valence electrons. The molecule has 1 saturated carbocycles. The van der Waals surface area contributed by atoms with Crippen LogP contribution in [-0.2, 0) is 10.0 Å². The Morgan fingerprint density at radius 1 is 1.22 bits per heavy atom. The van der Waals surface area contributed by atoms with Crippen molar-refractivity contribution in [2.24, 2.45) is 5.92 Å². The first-order valence-corrected chi connectivity index (χ1v) is 9.92. The molecule has 0 aromatic heterocycles. The Bertz CT molecular complexity index is 677. The van der Waals surface area contributed by atoms with Crippen LogP contribution >= 0.6 is 0 Å². The molecular formula is C17H26N2O3S. The molecule has 0 heterocycles. The highest BCUT2D eigenvalue weighted by atomic mass is 32.2. The highest BCUT2D eigenvalue weighted by Crippen LogP contribution is 2.28. The molecule has 1 aromatic carbocycles. The minimum absolute atomic E-state index is 0.0545. The molecule has 6 heteroatoms. The lowest BCUT2D eigenvalue weighted by molar-refractivity contribution is 0.0679. The quantitative estimate of drug-likeness (QED) is 0.917. The van der Waals surface area contributed by atoms with Gasteiger partial charge in [-0.3, -0.25) is 9.52 Å². The van der Waals surface area contributed by atoms with Crippen molar-refractivity contribution in [3.8, 4) is 0 Å². The Hall–Kier alpha value is -1.56. The first kappa shape index (κ1) is 17.8. The van der Waals surface area contributed by atoms with E-state index in [9.17, 15) is 13.2 Å². The van der Waals surface area contributed by atoms with Crippen molar-refractivity contribution in [1.82, 2.24) is 4.90 Å². The van der Waals surface area contributed by atoms with Gasteiger partial charge in [-0.15, -0.1) is 0 Å². The maximum atomic E-state index is 12.7. The first-order chi connectivity index (χ1) is 10.7. The highest BCUT2D eigenvalue weighted by molar-refractivity contribution is 7.92. The summed E-state index contributed by atoms with van der Waals surface area (Å²) in [6, 6.07) is 5.43. The molecule has 1 amide bonds. The molecule has 0 saturated heterocycles. The standard InChI is InChI=1S/C17H26N2O3S/c1-12-5-9-15(10-6-12)19(3)17(20)14-8-7-13(2)16(11-14)18-23(4,21)22/h7-8,11-12,15,18H,5-6,9-10H2,1-4H3. The van der Waals surface area contributed by atoms with Gasteiger partial charge in [0.1, 0.15) is 0 Å². The molecule has 5 nitrogen and oxygen atoms in total. The number of hydrogen-bond donors (Lipinski definition) is 1. The van der Waals surface area contributed by atoms with Gasteiger partial charge in [0.15, 0.2) is 0 Å². The van der Waals surface area contributed by atoms with Gasteiger partial charge in [0.05, 0.1) is 11.9 Å². The molecule has 2 rings (SSSR count). The number of nitrogens with one attached hydrogen (secondary N) is 1. The molecule has 1 aliphatic carbocycles. The van der Waals surface area contributed by atoms with E-state index in [0.717, 1.165) is 43.4 Å². The Kier molecular flexibility index (Phi) is 5.34. The largest absolute Gasteiger partial charge is 0.339 e. The zero-order valence-corrected chi connectivity index (χ0v) is 15.1. The number of amides is 1. The first-order valence-electron chi connectivity index (χ1n) is 8.03. The van der Waals surface area contributed by atoms with Crippen LogP contribution in [0.5, 0.6) is 0 Å². The number of carbonyl (C=O) groups excluding carboxylic acids is 1. The van der Waals surface area contributed by atoms with Gasteiger partial charge in [-0.1, -0.05) is 13.0 Å². The fraction of sp³-hybridized carbons (Fsp3) is 0.588. The molecule has 1 aliphatic rings. The van der Waals surface area contributed by atoms with Gasteiger partial charge in [-0.05, 0) is 56.2 Å². The van der Waals surface area contributed by atoms with Crippen LogP contribution in [0.1, 0.15) is 48.5 Å². The summed E-state index contributed by atoms with van der Waals surface area (Å²) in [4.78, 5) is 14.5. The maximum Gasteiger partial charge on any atom is 0.253 e. The van der Waals surface area contributed by atoms with Crippen molar-refractivity contribution in [3.63, 3.8) is 0 Å². The van der Waals surface area contributed by atoms with Gasteiger partial charge in [-0.25, -0.2) is 8.42 Å². The van der Waals surface area contributed by atoms with Crippen LogP contribution in [0.4, 0.5) is 5.69 Å². The van der Waals surface area contributed by atoms with Gasteiger partial charge >= 0.3 is 0 Å². The van der Waals surface area contributed by atoms with E-state index in [1.165, 1.54) is 0 Å². The number of benzene rings is 1. The summed E-state index contributed by atoms with van der Waals surface area (Å²) < 4.78 is 25.3. The van der Waals surface area contributed by atoms with Gasteiger partial charge in [-0.2, -0.15) is 0 Å². The minimum Gasteiger partial charge on any atom is -0.339 e. The summed E-state index contributed by atoms with van der Waals surface area (Å²) in [7, 11) is -1.52. The summed E-state index contributed by atoms with van der Waals surface area (Å²) in [6.07, 6.45) is 5.47. The summed E-state index contributed by atoms with van der Waals surface area (Å²) in [5.41, 5.74) is 1.77. The molecule has 0 aliphatic heterocycles. The lowest BCUT2D eigenvalue weighted by Gasteiger charge is -2.33. The van der Waals surface area contributed by atoms with E-state index in [0.29, 0.717) is 11.3 Å². The molecule has 1 aromatic rings. The van der Waals surface area contributed by atoms with Crippen molar-refractivity contribution in [1.29, 1.82) is 0 Å². The second-order valence-electron chi connectivity index (χ2n) is 6.73. The van der Waals surface area contributed by atoms with Crippen LogP contribution < -0.4 is 4.72 Å². The molecule has 0 spiro atoms. The summed E-state index contributed by atoms with van der Waals surface area (Å²) >= 11 is 0. The van der Waals surface area contributed by atoms with Crippen LogP contribution in [0.25, 0.3) is 0 Å². The van der Waals surface area contributed by atoms with E-state index in [1.54, 1.807) is 23.1 Å². The third-order valence-corrected chi connectivity index (χ3v) is 5.22. The molecule has 23 heavy (non-hydrogen) atoms. The monoisotopic (exact) mass is 338 g/mol. The fourth-order valence-electron chi connectivity index (χ4n) is 3.06. The van der Waals surface area contributed by atoms with E-state index in [-0.39, 0.29) is 11.9 Å². The van der Waals surface area contributed by atoms with E-state index in [2.05, 4.69) is 11.6 Å². The fourth-order valence-corrected chi connectivity index (χ4v) is 3.68. The zero-order chi connectivity index (χ0) is 17.2. The van der Waals surface area contributed by atoms with Crippen molar-refractivity contribution in [2.75, 3.05) is 18.0 Å². The topological polar surface area (TPSA) is 66.5 Å². The molecule has 0 atom stereocenters. The van der Waals surface area contributed by atoms with Crippen LogP contribution in [0.2, 0.25) is 0 Å². The Labute approximate surface area is 139 Å². The molecule has 1 fully saturated rings. The molecule has 0 unspecified atom stereocenters. The average molecular weight is 338 g/mol. The zero-order valence-electron chi connectivity index (χ0n) is 14.3. The lowest BCUT2D eigenvalue weighted by Crippen LogP contribution is -2.39. The second kappa shape index (κ2) is 6.91. The van der Waals surface area contributed by atoms with E-state index < -0.39 is 10.0 Å². The predicted octanol–water partition coefficient (Wildman–Crippen LogP) is 3.02. The number of carbonyl (C=O) groups is 1. The highest BCUT2D eigenvalue weighted by Gasteiger charge is 2.25.